The Hall–Kier alpha value is -0.720. The number of hydrogen-bond donors (Lipinski definition) is 3. The summed E-state index contributed by atoms with van der Waals surface area (Å²) < 4.78 is 0. The molecule has 1 atom stereocenters. The van der Waals surface area contributed by atoms with Crippen LogP contribution in [0, 0.1) is 10.1 Å². The molecule has 0 aromatic heterocycles. The molecule has 0 radical (unpaired) electrons. The van der Waals surface area contributed by atoms with Gasteiger partial charge in [0.2, 0.25) is 0 Å². The predicted molar refractivity (Wildman–Crippen MR) is 30.7 cm³/mol. The number of nitro groups is 1. The van der Waals surface area contributed by atoms with Gasteiger partial charge in [-0.05, 0) is 0 Å². The normalized spacial score (nSPS) is 16.3. The average molecular weight is 151 g/mol. The quantitative estimate of drug-likeness (QED) is 0.253. The average Bonchev–Trinajstić information content (AvgIpc) is 1.88. The molecule has 60 valence electrons. The third-order valence-corrected chi connectivity index (χ3v) is 1.11. The Balaban J connectivity index is 4.08. The van der Waals surface area contributed by atoms with Crippen molar-refractivity contribution in [3.8, 4) is 0 Å². The highest BCUT2D eigenvalue weighted by Gasteiger charge is 2.38. The fraction of sp³-hybridized carbons (Fsp3) is 1.00. The second-order valence-corrected chi connectivity index (χ2v) is 1.87. The minimum Gasteiger partial charge on any atom is -0.396 e. The second kappa shape index (κ2) is 3.45. The Morgan fingerprint density at radius 1 is 1.50 bits per heavy atom. The molecule has 0 aromatic carbocycles. The van der Waals surface area contributed by atoms with Crippen LogP contribution in [0.3, 0.4) is 0 Å². The Bertz CT molecular complexity index is 127. The molecule has 0 fully saturated rings. The number of hydrogen-bond acceptors (Lipinski definition) is 5. The van der Waals surface area contributed by atoms with E-state index in [1.165, 1.54) is 0 Å². The molecule has 6 heteroatoms. The zero-order valence-electron chi connectivity index (χ0n) is 5.23. The van der Waals surface area contributed by atoms with E-state index in [9.17, 15) is 10.1 Å². The van der Waals surface area contributed by atoms with E-state index in [0.717, 1.165) is 0 Å². The number of aliphatic hydroxyl groups excluding tert-OH is 2. The van der Waals surface area contributed by atoms with Crippen LogP contribution < -0.4 is 0 Å². The summed E-state index contributed by atoms with van der Waals surface area (Å²) in [5, 5.41) is 35.2. The van der Waals surface area contributed by atoms with Crippen molar-refractivity contribution in [1.29, 1.82) is 0 Å². The highest BCUT2D eigenvalue weighted by Crippen LogP contribution is 2.08. The van der Waals surface area contributed by atoms with Crippen LogP contribution in [0.15, 0.2) is 0 Å². The van der Waals surface area contributed by atoms with Crippen LogP contribution in [0.4, 0.5) is 0 Å². The monoisotopic (exact) mass is 151 g/mol. The highest BCUT2D eigenvalue weighted by molar-refractivity contribution is 4.62. The molecule has 3 N–H and O–H groups in total. The molecule has 1 unspecified atom stereocenters. The van der Waals surface area contributed by atoms with Crippen LogP contribution in [0.5, 0.6) is 0 Å². The van der Waals surface area contributed by atoms with Crippen LogP contribution in [0.2, 0.25) is 0 Å². The van der Waals surface area contributed by atoms with Crippen molar-refractivity contribution < 1.29 is 20.2 Å². The smallest absolute Gasteiger partial charge is 0.347 e. The summed E-state index contributed by atoms with van der Waals surface area (Å²) in [6.45, 7) is -1.52. The van der Waals surface area contributed by atoms with Gasteiger partial charge in [0.25, 0.3) is 0 Å². The Labute approximate surface area is 56.9 Å². The summed E-state index contributed by atoms with van der Waals surface area (Å²) in [5.74, 6) is 0. The van der Waals surface area contributed by atoms with Gasteiger partial charge in [-0.25, -0.2) is 0 Å². The van der Waals surface area contributed by atoms with E-state index in [0.29, 0.717) is 0 Å². The van der Waals surface area contributed by atoms with E-state index < -0.39 is 30.3 Å². The molecule has 0 aliphatic heterocycles. The first-order valence-electron chi connectivity index (χ1n) is 2.65. The molecule has 0 aliphatic rings. The van der Waals surface area contributed by atoms with Gasteiger partial charge in [-0.3, -0.25) is 10.1 Å². The summed E-state index contributed by atoms with van der Waals surface area (Å²) in [5.41, 5.74) is -2.38. The van der Waals surface area contributed by atoms with Gasteiger partial charge in [-0.2, -0.15) is 0 Å². The molecular weight excluding hydrogens is 142 g/mol. The van der Waals surface area contributed by atoms with E-state index in [1.807, 2.05) is 0 Å². The lowest BCUT2D eigenvalue weighted by Gasteiger charge is -2.14. The molecule has 0 aliphatic carbocycles. The first-order chi connectivity index (χ1) is 4.56. The highest BCUT2D eigenvalue weighted by atomic mass is 16.7. The first-order valence-corrected chi connectivity index (χ1v) is 2.65. The Kier molecular flexibility index (Phi) is 3.20. The second-order valence-electron chi connectivity index (χ2n) is 1.87. The van der Waals surface area contributed by atoms with Crippen molar-refractivity contribution in [2.24, 2.45) is 0 Å². The van der Waals surface area contributed by atoms with Crippen molar-refractivity contribution in [1.82, 2.24) is 0 Å². The molecule has 0 spiro atoms. The van der Waals surface area contributed by atoms with Gasteiger partial charge in [-0.1, -0.05) is 0 Å². The zero-order chi connectivity index (χ0) is 8.20. The lowest BCUT2D eigenvalue weighted by Crippen LogP contribution is -2.42. The van der Waals surface area contributed by atoms with Gasteiger partial charge in [0.15, 0.2) is 0 Å². The molecular formula is C4H9NO5. The number of rotatable bonds is 4. The van der Waals surface area contributed by atoms with E-state index in [4.69, 9.17) is 15.3 Å². The van der Waals surface area contributed by atoms with Crippen LogP contribution in [0.1, 0.15) is 6.42 Å². The molecule has 0 aromatic rings. The number of nitrogens with zero attached hydrogens (tertiary/aromatic N) is 1. The molecule has 10 heavy (non-hydrogen) atoms. The van der Waals surface area contributed by atoms with Gasteiger partial charge in [-0.15, -0.1) is 0 Å². The Morgan fingerprint density at radius 3 is 2.10 bits per heavy atom. The maximum Gasteiger partial charge on any atom is 0.347 e. The first kappa shape index (κ1) is 9.28. The predicted octanol–water partition coefficient (Wildman–Crippen LogP) is -1.67. The van der Waals surface area contributed by atoms with Gasteiger partial charge in [0.1, 0.15) is 6.61 Å². The molecule has 0 heterocycles. The van der Waals surface area contributed by atoms with Crippen molar-refractivity contribution in [2.75, 3.05) is 13.2 Å². The lowest BCUT2D eigenvalue weighted by atomic mass is 10.2. The fourth-order valence-corrected chi connectivity index (χ4v) is 0.407. The van der Waals surface area contributed by atoms with Crippen LogP contribution >= 0.6 is 0 Å². The van der Waals surface area contributed by atoms with E-state index in [1.54, 1.807) is 0 Å². The summed E-state index contributed by atoms with van der Waals surface area (Å²) in [4.78, 5) is 8.90. The van der Waals surface area contributed by atoms with Crippen LogP contribution in [-0.2, 0) is 0 Å². The zero-order valence-corrected chi connectivity index (χ0v) is 5.23. The summed E-state index contributed by atoms with van der Waals surface area (Å²) >= 11 is 0. The van der Waals surface area contributed by atoms with Gasteiger partial charge in [0, 0.05) is 0 Å². The van der Waals surface area contributed by atoms with Gasteiger partial charge in [0.05, 0.1) is 18.0 Å². The van der Waals surface area contributed by atoms with E-state index in [-0.39, 0.29) is 0 Å². The Morgan fingerprint density at radius 2 is 2.00 bits per heavy atom. The summed E-state index contributed by atoms with van der Waals surface area (Å²) in [6, 6.07) is 0. The lowest BCUT2D eigenvalue weighted by molar-refractivity contribution is -0.629. The molecule has 0 bridgehead atoms. The van der Waals surface area contributed by atoms with E-state index >= 15 is 0 Å². The summed E-state index contributed by atoms with van der Waals surface area (Å²) in [7, 11) is 0. The van der Waals surface area contributed by atoms with Crippen molar-refractivity contribution >= 4 is 0 Å². The summed E-state index contributed by atoms with van der Waals surface area (Å²) in [6.07, 6.45) is -0.462. The molecule has 0 saturated heterocycles. The van der Waals surface area contributed by atoms with Gasteiger partial charge >= 0.3 is 5.72 Å². The fourth-order valence-electron chi connectivity index (χ4n) is 0.407. The van der Waals surface area contributed by atoms with Crippen LogP contribution in [0.25, 0.3) is 0 Å². The van der Waals surface area contributed by atoms with Crippen molar-refractivity contribution in [2.45, 2.75) is 12.1 Å². The molecule has 0 rings (SSSR count). The standard InChI is InChI=1S/C4H9NO5/c6-2-1-4(8,3-7)5(9)10/h6-8H,1-3H2. The van der Waals surface area contributed by atoms with Gasteiger partial charge < -0.3 is 15.3 Å². The minimum absolute atomic E-state index is 0.462. The molecule has 0 amide bonds. The van der Waals surface area contributed by atoms with Crippen LogP contribution in [-0.4, -0.2) is 39.2 Å². The SMILES string of the molecule is O=[N+]([O-])C(O)(CO)CCO. The molecule has 0 saturated carbocycles. The third-order valence-electron chi connectivity index (χ3n) is 1.11. The maximum absolute atomic E-state index is 9.93. The topological polar surface area (TPSA) is 104 Å². The maximum atomic E-state index is 9.93. The van der Waals surface area contributed by atoms with Crippen molar-refractivity contribution in [3.63, 3.8) is 0 Å². The largest absolute Gasteiger partial charge is 0.396 e. The molecule has 6 nitrogen and oxygen atoms in total. The number of aliphatic hydroxyl groups is 3. The van der Waals surface area contributed by atoms with E-state index in [2.05, 4.69) is 0 Å². The van der Waals surface area contributed by atoms with Crippen molar-refractivity contribution in [3.05, 3.63) is 10.1 Å². The minimum atomic E-state index is -2.38. The third kappa shape index (κ3) is 1.90.